The highest BCUT2D eigenvalue weighted by Crippen LogP contribution is 2.17. The van der Waals surface area contributed by atoms with Gasteiger partial charge >= 0.3 is 0 Å². The average Bonchev–Trinajstić information content (AvgIpc) is 2.83. The van der Waals surface area contributed by atoms with E-state index in [4.69, 9.17) is 0 Å². The van der Waals surface area contributed by atoms with Crippen LogP contribution in [0.15, 0.2) is 24.3 Å². The van der Waals surface area contributed by atoms with Crippen molar-refractivity contribution < 1.29 is 14.3 Å². The van der Waals surface area contributed by atoms with Gasteiger partial charge < -0.3 is 10.4 Å². The molecule has 19 heavy (non-hydrogen) atoms. The largest absolute Gasteiger partial charge is 0.395 e. The highest BCUT2D eigenvalue weighted by Gasteiger charge is 2.23. The van der Waals surface area contributed by atoms with Crippen molar-refractivity contribution in [2.75, 3.05) is 25.0 Å². The second-order valence-corrected chi connectivity index (χ2v) is 4.82. The molecule has 1 amide bonds. The number of anilines is 1. The highest BCUT2D eigenvalue weighted by molar-refractivity contribution is 5.90. The van der Waals surface area contributed by atoms with Crippen molar-refractivity contribution in [3.63, 3.8) is 0 Å². The van der Waals surface area contributed by atoms with E-state index in [1.807, 2.05) is 0 Å². The van der Waals surface area contributed by atoms with Gasteiger partial charge in [0.2, 0.25) is 5.91 Å². The van der Waals surface area contributed by atoms with E-state index < -0.39 is 0 Å². The summed E-state index contributed by atoms with van der Waals surface area (Å²) in [5.74, 6) is -0.494. The maximum absolute atomic E-state index is 13.0. The average molecular weight is 266 g/mol. The monoisotopic (exact) mass is 266 g/mol. The Morgan fingerprint density at radius 2 is 2.37 bits per heavy atom. The number of carbonyl (C=O) groups excluding carboxylic acids is 1. The number of aliphatic hydroxyl groups excluding tert-OH is 1. The zero-order chi connectivity index (χ0) is 13.7. The van der Waals surface area contributed by atoms with Crippen molar-refractivity contribution in [1.82, 2.24) is 4.90 Å². The third-order valence-corrected chi connectivity index (χ3v) is 3.44. The van der Waals surface area contributed by atoms with Gasteiger partial charge in [-0.2, -0.15) is 0 Å². The molecule has 1 unspecified atom stereocenters. The summed E-state index contributed by atoms with van der Waals surface area (Å²) < 4.78 is 13.0. The smallest absolute Gasteiger partial charge is 0.225 e. The van der Waals surface area contributed by atoms with Crippen LogP contribution in [0.25, 0.3) is 0 Å². The molecular formula is C14H19FN2O2. The molecule has 4 nitrogen and oxygen atoms in total. The molecule has 5 heteroatoms. The Morgan fingerprint density at radius 1 is 1.53 bits per heavy atom. The Bertz CT molecular complexity index is 439. The van der Waals surface area contributed by atoms with Crippen LogP contribution < -0.4 is 5.32 Å². The van der Waals surface area contributed by atoms with Gasteiger partial charge in [-0.1, -0.05) is 6.07 Å². The first kappa shape index (κ1) is 14.0. The lowest BCUT2D eigenvalue weighted by molar-refractivity contribution is -0.116. The van der Waals surface area contributed by atoms with Crippen molar-refractivity contribution in [3.8, 4) is 0 Å². The summed E-state index contributed by atoms with van der Waals surface area (Å²) in [5.41, 5.74) is 0.477. The summed E-state index contributed by atoms with van der Waals surface area (Å²) in [6, 6.07) is 6.04. The van der Waals surface area contributed by atoms with Crippen molar-refractivity contribution in [1.29, 1.82) is 0 Å². The van der Waals surface area contributed by atoms with Gasteiger partial charge in [0.1, 0.15) is 5.82 Å². The molecule has 1 aromatic rings. The normalized spacial score (nSPS) is 19.6. The number of aliphatic hydroxyl groups is 1. The van der Waals surface area contributed by atoms with Crippen LogP contribution in [0, 0.1) is 5.82 Å². The van der Waals surface area contributed by atoms with E-state index in [-0.39, 0.29) is 24.4 Å². The number of hydrogen-bond donors (Lipinski definition) is 2. The minimum absolute atomic E-state index is 0.130. The van der Waals surface area contributed by atoms with E-state index in [9.17, 15) is 14.3 Å². The summed E-state index contributed by atoms with van der Waals surface area (Å²) in [5, 5.41) is 11.9. The Balaban J connectivity index is 1.78. The molecule has 1 heterocycles. The molecule has 1 atom stereocenters. The molecule has 1 aromatic carbocycles. The fourth-order valence-corrected chi connectivity index (χ4v) is 2.43. The molecule has 1 fully saturated rings. The van der Waals surface area contributed by atoms with Gasteiger partial charge in [-0.15, -0.1) is 0 Å². The fraction of sp³-hybridized carbons (Fsp3) is 0.500. The predicted molar refractivity (Wildman–Crippen MR) is 71.3 cm³/mol. The topological polar surface area (TPSA) is 52.6 Å². The Morgan fingerprint density at radius 3 is 3.11 bits per heavy atom. The first-order chi connectivity index (χ1) is 9.19. The molecule has 0 saturated carbocycles. The summed E-state index contributed by atoms with van der Waals surface area (Å²) in [4.78, 5) is 13.9. The minimum Gasteiger partial charge on any atom is -0.395 e. The van der Waals surface area contributed by atoms with E-state index in [1.54, 1.807) is 12.1 Å². The number of likely N-dealkylation sites (tertiary alicyclic amines) is 1. The van der Waals surface area contributed by atoms with Crippen LogP contribution in [0.1, 0.15) is 19.3 Å². The van der Waals surface area contributed by atoms with Crippen molar-refractivity contribution in [2.24, 2.45) is 0 Å². The predicted octanol–water partition coefficient (Wildman–Crippen LogP) is 1.61. The van der Waals surface area contributed by atoms with Crippen LogP contribution in [0.4, 0.5) is 10.1 Å². The maximum Gasteiger partial charge on any atom is 0.225 e. The van der Waals surface area contributed by atoms with Gasteiger partial charge in [0.05, 0.1) is 6.61 Å². The number of amides is 1. The summed E-state index contributed by atoms with van der Waals surface area (Å²) in [7, 11) is 0. The van der Waals surface area contributed by atoms with Crippen LogP contribution in [-0.2, 0) is 4.79 Å². The second kappa shape index (κ2) is 6.63. The van der Waals surface area contributed by atoms with E-state index in [0.29, 0.717) is 18.7 Å². The molecule has 0 aliphatic carbocycles. The first-order valence-corrected chi connectivity index (χ1v) is 6.59. The van der Waals surface area contributed by atoms with Gasteiger partial charge in [0.15, 0.2) is 0 Å². The van der Waals surface area contributed by atoms with Crippen molar-refractivity contribution in [2.45, 2.75) is 25.3 Å². The Labute approximate surface area is 112 Å². The summed E-state index contributed by atoms with van der Waals surface area (Å²) >= 11 is 0. The lowest BCUT2D eigenvalue weighted by Gasteiger charge is -2.22. The molecule has 1 aliphatic heterocycles. The van der Waals surface area contributed by atoms with Gasteiger partial charge in [-0.05, 0) is 37.6 Å². The van der Waals surface area contributed by atoms with Gasteiger partial charge in [0, 0.05) is 24.7 Å². The van der Waals surface area contributed by atoms with Gasteiger partial charge in [-0.3, -0.25) is 9.69 Å². The number of benzene rings is 1. The van der Waals surface area contributed by atoms with Gasteiger partial charge in [0.25, 0.3) is 0 Å². The summed E-state index contributed by atoms with van der Waals surface area (Å²) in [6.07, 6.45) is 2.41. The lowest BCUT2D eigenvalue weighted by atomic mass is 10.2. The van der Waals surface area contributed by atoms with Crippen LogP contribution in [0.2, 0.25) is 0 Å². The molecule has 2 N–H and O–H groups in total. The molecular weight excluding hydrogens is 247 g/mol. The molecule has 0 radical (unpaired) electrons. The number of halogens is 1. The third-order valence-electron chi connectivity index (χ3n) is 3.44. The fourth-order valence-electron chi connectivity index (χ4n) is 2.43. The van der Waals surface area contributed by atoms with E-state index in [0.717, 1.165) is 19.4 Å². The second-order valence-electron chi connectivity index (χ2n) is 4.82. The van der Waals surface area contributed by atoms with Gasteiger partial charge in [-0.25, -0.2) is 4.39 Å². The quantitative estimate of drug-likeness (QED) is 0.851. The Kier molecular flexibility index (Phi) is 4.87. The highest BCUT2D eigenvalue weighted by atomic mass is 19.1. The third kappa shape index (κ3) is 4.01. The minimum atomic E-state index is -0.363. The first-order valence-electron chi connectivity index (χ1n) is 6.59. The molecule has 104 valence electrons. The molecule has 0 bridgehead atoms. The molecule has 0 aromatic heterocycles. The number of nitrogens with zero attached hydrogens (tertiary/aromatic N) is 1. The van der Waals surface area contributed by atoms with E-state index in [2.05, 4.69) is 10.2 Å². The number of nitrogens with one attached hydrogen (secondary N) is 1. The number of hydrogen-bond acceptors (Lipinski definition) is 3. The SMILES string of the molecule is O=C(CCN1CCCC1CO)Nc1cccc(F)c1. The van der Waals surface area contributed by atoms with E-state index in [1.165, 1.54) is 12.1 Å². The lowest BCUT2D eigenvalue weighted by Crippen LogP contribution is -2.34. The van der Waals surface area contributed by atoms with E-state index >= 15 is 0 Å². The van der Waals surface area contributed by atoms with Crippen LogP contribution in [0.3, 0.4) is 0 Å². The standard InChI is InChI=1S/C14H19FN2O2/c15-11-3-1-4-12(9-11)16-14(19)6-8-17-7-2-5-13(17)10-18/h1,3-4,9,13,18H,2,5-8,10H2,(H,16,19). The zero-order valence-electron chi connectivity index (χ0n) is 10.8. The molecule has 0 spiro atoms. The molecule has 1 saturated heterocycles. The van der Waals surface area contributed by atoms with Crippen molar-refractivity contribution >= 4 is 11.6 Å². The molecule has 1 aliphatic rings. The number of rotatable bonds is 5. The maximum atomic E-state index is 13.0. The van der Waals surface area contributed by atoms with Crippen LogP contribution in [-0.4, -0.2) is 41.7 Å². The van der Waals surface area contributed by atoms with Crippen LogP contribution >= 0.6 is 0 Å². The Hall–Kier alpha value is -1.46. The number of carbonyl (C=O) groups is 1. The zero-order valence-corrected chi connectivity index (χ0v) is 10.8. The molecule has 2 rings (SSSR count). The van der Waals surface area contributed by atoms with Crippen LogP contribution in [0.5, 0.6) is 0 Å². The summed E-state index contributed by atoms with van der Waals surface area (Å²) in [6.45, 7) is 1.70. The van der Waals surface area contributed by atoms with Crippen molar-refractivity contribution in [3.05, 3.63) is 30.1 Å².